The minimum Gasteiger partial charge on any atom is -0.347 e. The molecule has 0 bridgehead atoms. The SMILES string of the molecule is CC(C)n1ccc2c1CN(C(=O)c1ccnn1C)Cc1cn(Cc3ccccn3)nc1-2. The third-order valence-electron chi connectivity index (χ3n) is 5.75. The highest BCUT2D eigenvalue weighted by atomic mass is 16.2. The number of hydrogen-bond donors (Lipinski definition) is 0. The summed E-state index contributed by atoms with van der Waals surface area (Å²) in [5, 5.41) is 9.07. The van der Waals surface area contributed by atoms with Gasteiger partial charge in [0.15, 0.2) is 0 Å². The van der Waals surface area contributed by atoms with Gasteiger partial charge in [0, 0.05) is 54.7 Å². The van der Waals surface area contributed by atoms with Crippen LogP contribution >= 0.6 is 0 Å². The Bertz CT molecular complexity index is 1230. The van der Waals surface area contributed by atoms with Gasteiger partial charge in [0.05, 0.1) is 31.0 Å². The Morgan fingerprint density at radius 2 is 2.00 bits per heavy atom. The summed E-state index contributed by atoms with van der Waals surface area (Å²) in [5.74, 6) is -0.0345. The lowest BCUT2D eigenvalue weighted by Gasteiger charge is -2.23. The molecule has 0 saturated heterocycles. The van der Waals surface area contributed by atoms with E-state index in [0.29, 0.717) is 25.3 Å². The molecular weight excluding hydrogens is 390 g/mol. The zero-order valence-corrected chi connectivity index (χ0v) is 17.9. The maximum Gasteiger partial charge on any atom is 0.272 e. The minimum absolute atomic E-state index is 0.0345. The number of hydrogen-bond acceptors (Lipinski definition) is 4. The van der Waals surface area contributed by atoms with Crippen molar-refractivity contribution < 1.29 is 4.79 Å². The van der Waals surface area contributed by atoms with Crippen LogP contribution in [0.2, 0.25) is 0 Å². The molecule has 0 radical (unpaired) electrons. The first-order valence-electron chi connectivity index (χ1n) is 10.4. The van der Waals surface area contributed by atoms with E-state index in [4.69, 9.17) is 5.10 Å². The number of rotatable bonds is 4. The number of carbonyl (C=O) groups excluding carboxylic acids is 1. The van der Waals surface area contributed by atoms with Crippen LogP contribution in [0, 0.1) is 0 Å². The van der Waals surface area contributed by atoms with Crippen LogP contribution in [-0.2, 0) is 26.7 Å². The summed E-state index contributed by atoms with van der Waals surface area (Å²) >= 11 is 0. The normalized spacial score (nSPS) is 13.2. The van der Waals surface area contributed by atoms with Gasteiger partial charge in [-0.2, -0.15) is 10.2 Å². The van der Waals surface area contributed by atoms with Crippen molar-refractivity contribution >= 4 is 5.91 Å². The van der Waals surface area contributed by atoms with Crippen LogP contribution in [0.1, 0.15) is 47.3 Å². The second kappa shape index (κ2) is 7.54. The zero-order chi connectivity index (χ0) is 21.5. The Labute approximate surface area is 180 Å². The van der Waals surface area contributed by atoms with Crippen LogP contribution in [0.4, 0.5) is 0 Å². The second-order valence-electron chi connectivity index (χ2n) is 8.20. The highest BCUT2D eigenvalue weighted by Gasteiger charge is 2.29. The summed E-state index contributed by atoms with van der Waals surface area (Å²) < 4.78 is 5.77. The number of aryl methyl sites for hydroxylation is 1. The second-order valence-corrected chi connectivity index (χ2v) is 8.20. The van der Waals surface area contributed by atoms with Gasteiger partial charge >= 0.3 is 0 Å². The molecule has 0 atom stereocenters. The fourth-order valence-electron chi connectivity index (χ4n) is 4.22. The van der Waals surface area contributed by atoms with Crippen LogP contribution in [-0.4, -0.2) is 39.9 Å². The molecule has 4 aromatic heterocycles. The fraction of sp³-hybridized carbons (Fsp3) is 0.304. The summed E-state index contributed by atoms with van der Waals surface area (Å²) in [7, 11) is 1.80. The summed E-state index contributed by atoms with van der Waals surface area (Å²) in [6, 6.07) is 10.0. The van der Waals surface area contributed by atoms with Gasteiger partial charge in [-0.15, -0.1) is 0 Å². The van der Waals surface area contributed by atoms with E-state index in [0.717, 1.165) is 28.2 Å². The van der Waals surface area contributed by atoms with E-state index < -0.39 is 0 Å². The number of nitrogens with zero attached hydrogens (tertiary/aromatic N) is 7. The molecule has 4 aromatic rings. The average Bonchev–Trinajstić information content (AvgIpc) is 3.44. The van der Waals surface area contributed by atoms with Crippen molar-refractivity contribution in [2.45, 2.75) is 39.5 Å². The van der Waals surface area contributed by atoms with Gasteiger partial charge in [0.1, 0.15) is 5.69 Å². The van der Waals surface area contributed by atoms with Gasteiger partial charge in [-0.1, -0.05) is 6.07 Å². The number of fused-ring (bicyclic) bond motifs is 3. The molecule has 0 fully saturated rings. The lowest BCUT2D eigenvalue weighted by molar-refractivity contribution is 0.0716. The molecule has 8 heteroatoms. The molecule has 0 aliphatic carbocycles. The van der Waals surface area contributed by atoms with E-state index in [1.54, 1.807) is 30.2 Å². The number of amides is 1. The van der Waals surface area contributed by atoms with E-state index in [2.05, 4.69) is 40.8 Å². The summed E-state index contributed by atoms with van der Waals surface area (Å²) in [4.78, 5) is 19.7. The van der Waals surface area contributed by atoms with Gasteiger partial charge < -0.3 is 9.47 Å². The molecule has 1 aliphatic rings. The van der Waals surface area contributed by atoms with Crippen LogP contribution in [0.15, 0.2) is 55.1 Å². The molecule has 0 unspecified atom stereocenters. The topological polar surface area (TPSA) is 73.8 Å². The Morgan fingerprint density at radius 1 is 1.13 bits per heavy atom. The lowest BCUT2D eigenvalue weighted by atomic mass is 10.1. The van der Waals surface area contributed by atoms with Crippen LogP contribution in [0.3, 0.4) is 0 Å². The van der Waals surface area contributed by atoms with Crippen LogP contribution in [0.25, 0.3) is 11.3 Å². The minimum atomic E-state index is -0.0345. The number of carbonyl (C=O) groups is 1. The molecule has 5 heterocycles. The van der Waals surface area contributed by atoms with E-state index in [9.17, 15) is 4.79 Å². The molecule has 0 saturated carbocycles. The predicted molar refractivity (Wildman–Crippen MR) is 116 cm³/mol. The third-order valence-corrected chi connectivity index (χ3v) is 5.75. The van der Waals surface area contributed by atoms with E-state index in [-0.39, 0.29) is 11.9 Å². The molecular formula is C23H25N7O. The van der Waals surface area contributed by atoms with Crippen LogP contribution < -0.4 is 0 Å². The first-order valence-corrected chi connectivity index (χ1v) is 10.4. The zero-order valence-electron chi connectivity index (χ0n) is 17.9. The smallest absolute Gasteiger partial charge is 0.272 e. The summed E-state index contributed by atoms with van der Waals surface area (Å²) in [5.41, 5.74) is 5.69. The fourth-order valence-corrected chi connectivity index (χ4v) is 4.22. The van der Waals surface area contributed by atoms with Gasteiger partial charge in [-0.3, -0.25) is 19.1 Å². The monoisotopic (exact) mass is 415 g/mol. The van der Waals surface area contributed by atoms with E-state index in [1.165, 1.54) is 0 Å². The molecule has 158 valence electrons. The van der Waals surface area contributed by atoms with E-state index >= 15 is 0 Å². The number of pyridine rings is 1. The first kappa shape index (κ1) is 19.3. The third kappa shape index (κ3) is 3.43. The maximum atomic E-state index is 13.4. The van der Waals surface area contributed by atoms with Crippen molar-refractivity contribution in [1.29, 1.82) is 0 Å². The molecule has 8 nitrogen and oxygen atoms in total. The predicted octanol–water partition coefficient (Wildman–Crippen LogP) is 3.27. The largest absolute Gasteiger partial charge is 0.347 e. The molecule has 0 aromatic carbocycles. The van der Waals surface area contributed by atoms with Crippen molar-refractivity contribution in [2.24, 2.45) is 7.05 Å². The van der Waals surface area contributed by atoms with Gasteiger partial charge in [-0.25, -0.2) is 0 Å². The Balaban J connectivity index is 1.58. The molecule has 5 rings (SSSR count). The first-order chi connectivity index (χ1) is 15.0. The van der Waals surface area contributed by atoms with Crippen molar-refractivity contribution in [3.05, 3.63) is 77.8 Å². The Hall–Kier alpha value is -3.68. The Morgan fingerprint density at radius 3 is 2.71 bits per heavy atom. The molecule has 31 heavy (non-hydrogen) atoms. The summed E-state index contributed by atoms with van der Waals surface area (Å²) in [6.45, 7) is 5.91. The van der Waals surface area contributed by atoms with E-state index in [1.807, 2.05) is 34.0 Å². The summed E-state index contributed by atoms with van der Waals surface area (Å²) in [6.07, 6.45) is 7.58. The molecule has 1 aliphatic heterocycles. The maximum absolute atomic E-state index is 13.4. The lowest BCUT2D eigenvalue weighted by Crippen LogP contribution is -2.31. The van der Waals surface area contributed by atoms with Crippen LogP contribution in [0.5, 0.6) is 0 Å². The van der Waals surface area contributed by atoms with Crippen molar-refractivity contribution in [1.82, 2.24) is 34.0 Å². The average molecular weight is 416 g/mol. The molecule has 0 N–H and O–H groups in total. The van der Waals surface area contributed by atoms with Gasteiger partial charge in [0.25, 0.3) is 5.91 Å². The number of aromatic nitrogens is 6. The Kier molecular flexibility index (Phi) is 4.69. The van der Waals surface area contributed by atoms with Crippen molar-refractivity contribution in [2.75, 3.05) is 0 Å². The van der Waals surface area contributed by atoms with Crippen molar-refractivity contribution in [3.63, 3.8) is 0 Å². The van der Waals surface area contributed by atoms with Crippen molar-refractivity contribution in [3.8, 4) is 11.3 Å². The quantitative estimate of drug-likeness (QED) is 0.513. The molecule has 0 spiro atoms. The molecule has 1 amide bonds. The highest BCUT2D eigenvalue weighted by molar-refractivity contribution is 5.93. The van der Waals surface area contributed by atoms with Gasteiger partial charge in [0.2, 0.25) is 0 Å². The highest BCUT2D eigenvalue weighted by Crippen LogP contribution is 2.34. The standard InChI is InChI=1S/C23H25N7O/c1-16(2)30-11-8-19-21(30)15-28(23(31)20-7-10-25-27(20)3)12-17-13-29(26-22(17)19)14-18-6-4-5-9-24-18/h4-11,13,16H,12,14-15H2,1-3H3. The van der Waals surface area contributed by atoms with Gasteiger partial charge in [-0.05, 0) is 38.1 Å².